The van der Waals surface area contributed by atoms with Crippen LogP contribution in [0.4, 0.5) is 0 Å². The molecule has 0 saturated carbocycles. The van der Waals surface area contributed by atoms with E-state index < -0.39 is 0 Å². The first-order chi connectivity index (χ1) is 8.73. The van der Waals surface area contributed by atoms with Crippen molar-refractivity contribution in [3.63, 3.8) is 0 Å². The molecule has 2 N–H and O–H groups in total. The first-order valence-corrected chi connectivity index (χ1v) is 6.91. The van der Waals surface area contributed by atoms with E-state index in [4.69, 9.17) is 22.9 Å². The molecule has 0 saturated heterocycles. The Labute approximate surface area is 119 Å². The molecule has 2 aromatic rings. The lowest BCUT2D eigenvalue weighted by atomic mass is 9.87. The normalized spacial score (nSPS) is 13.7. The number of nitrogens with zero attached hydrogens (tertiary/aromatic N) is 2. The van der Waals surface area contributed by atoms with E-state index in [1.54, 1.807) is 0 Å². The molecule has 0 amide bonds. The molecule has 0 radical (unpaired) electrons. The maximum atomic E-state index is 5.86. The second kappa shape index (κ2) is 4.60. The van der Waals surface area contributed by atoms with Crippen molar-refractivity contribution in [1.29, 1.82) is 0 Å². The van der Waals surface area contributed by atoms with Crippen LogP contribution in [-0.2, 0) is 5.41 Å². The second-order valence-electron chi connectivity index (χ2n) is 6.10. The molecule has 1 unspecified atom stereocenters. The van der Waals surface area contributed by atoms with Crippen LogP contribution in [0.3, 0.4) is 0 Å². The zero-order chi connectivity index (χ0) is 14.4. The Kier molecular flexibility index (Phi) is 3.39. The van der Waals surface area contributed by atoms with Crippen LogP contribution in [0.25, 0.3) is 5.65 Å². The number of aryl methyl sites for hydroxylation is 1. The molecule has 2 rings (SSSR count). The lowest BCUT2D eigenvalue weighted by Gasteiger charge is -2.20. The topological polar surface area (TPSA) is 43.3 Å². The Morgan fingerprint density at radius 1 is 1.42 bits per heavy atom. The van der Waals surface area contributed by atoms with Gasteiger partial charge in [-0.25, -0.2) is 4.98 Å². The maximum absolute atomic E-state index is 5.86. The molecule has 0 aliphatic heterocycles. The van der Waals surface area contributed by atoms with Gasteiger partial charge in [-0.15, -0.1) is 0 Å². The summed E-state index contributed by atoms with van der Waals surface area (Å²) < 4.78 is 2.12. The number of thiocarbonyl (C=S) groups is 1. The van der Waals surface area contributed by atoms with Gasteiger partial charge in [0, 0.05) is 17.5 Å². The average molecular weight is 275 g/mol. The number of aromatic nitrogens is 2. The summed E-state index contributed by atoms with van der Waals surface area (Å²) >= 11 is 5.18. The van der Waals surface area contributed by atoms with Gasteiger partial charge < -0.3 is 10.1 Å². The average Bonchev–Trinajstić information content (AvgIpc) is 2.68. The highest BCUT2D eigenvalue weighted by atomic mass is 32.1. The molecule has 0 aromatic carbocycles. The van der Waals surface area contributed by atoms with Crippen molar-refractivity contribution in [3.8, 4) is 0 Å². The molecule has 0 aliphatic carbocycles. The number of pyridine rings is 1. The number of fused-ring (bicyclic) bond motifs is 1. The van der Waals surface area contributed by atoms with Gasteiger partial charge in [0.1, 0.15) is 5.65 Å². The van der Waals surface area contributed by atoms with Crippen LogP contribution in [0, 0.1) is 6.92 Å². The van der Waals surface area contributed by atoms with Gasteiger partial charge in [-0.05, 0) is 18.6 Å². The van der Waals surface area contributed by atoms with Crippen molar-refractivity contribution in [2.75, 3.05) is 0 Å². The standard InChI is InChI=1S/C15H21N3S/c1-9-7-6-8-18-11(10(2)13(16)19)12(15(3,4)5)17-14(9)18/h6-8,10H,1-5H3,(H2,16,19). The smallest absolute Gasteiger partial charge is 0.140 e. The summed E-state index contributed by atoms with van der Waals surface area (Å²) in [5.41, 5.74) is 10.2. The van der Waals surface area contributed by atoms with Crippen LogP contribution in [0.5, 0.6) is 0 Å². The molecule has 3 nitrogen and oxygen atoms in total. The molecule has 102 valence electrons. The second-order valence-corrected chi connectivity index (χ2v) is 6.58. The lowest BCUT2D eigenvalue weighted by molar-refractivity contribution is 0.563. The molecule has 0 fully saturated rings. The molecule has 4 heteroatoms. The zero-order valence-corrected chi connectivity index (χ0v) is 13.0. The number of imidazole rings is 1. The Balaban J connectivity index is 2.84. The highest BCUT2D eigenvalue weighted by molar-refractivity contribution is 7.80. The van der Waals surface area contributed by atoms with Gasteiger partial charge in [0.25, 0.3) is 0 Å². The number of hydrogen-bond donors (Lipinski definition) is 1. The van der Waals surface area contributed by atoms with Gasteiger partial charge in [0.15, 0.2) is 0 Å². The molecular formula is C15H21N3S. The van der Waals surface area contributed by atoms with E-state index in [-0.39, 0.29) is 11.3 Å². The molecular weight excluding hydrogens is 254 g/mol. The van der Waals surface area contributed by atoms with Gasteiger partial charge >= 0.3 is 0 Å². The SMILES string of the molecule is Cc1cccn2c(C(C)C(N)=S)c(C(C)(C)C)nc12. The highest BCUT2D eigenvalue weighted by Crippen LogP contribution is 2.31. The van der Waals surface area contributed by atoms with E-state index >= 15 is 0 Å². The minimum absolute atomic E-state index is 0.0148. The molecule has 0 spiro atoms. The predicted octanol–water partition coefficient (Wildman–Crippen LogP) is 3.33. The van der Waals surface area contributed by atoms with Crippen molar-refractivity contribution in [2.24, 2.45) is 5.73 Å². The van der Waals surface area contributed by atoms with Crippen molar-refractivity contribution < 1.29 is 0 Å². The number of rotatable bonds is 2. The number of nitrogens with two attached hydrogens (primary N) is 1. The molecule has 2 aromatic heterocycles. The third kappa shape index (κ3) is 2.37. The first-order valence-electron chi connectivity index (χ1n) is 6.51. The van der Waals surface area contributed by atoms with E-state index in [0.29, 0.717) is 4.99 Å². The summed E-state index contributed by atoms with van der Waals surface area (Å²) in [6.07, 6.45) is 2.04. The third-order valence-corrected chi connectivity index (χ3v) is 3.78. The van der Waals surface area contributed by atoms with Crippen LogP contribution in [0.1, 0.15) is 50.6 Å². The summed E-state index contributed by atoms with van der Waals surface area (Å²) in [5.74, 6) is 0.0148. The van der Waals surface area contributed by atoms with E-state index in [2.05, 4.69) is 38.2 Å². The van der Waals surface area contributed by atoms with Crippen molar-refractivity contribution in [1.82, 2.24) is 9.38 Å². The van der Waals surface area contributed by atoms with Crippen molar-refractivity contribution in [2.45, 2.75) is 46.0 Å². The minimum atomic E-state index is -0.0349. The Morgan fingerprint density at radius 3 is 2.58 bits per heavy atom. The summed E-state index contributed by atoms with van der Waals surface area (Å²) in [6, 6.07) is 4.11. The highest BCUT2D eigenvalue weighted by Gasteiger charge is 2.28. The molecule has 1 atom stereocenters. The fourth-order valence-corrected chi connectivity index (χ4v) is 2.43. The van der Waals surface area contributed by atoms with Gasteiger partial charge in [0.2, 0.25) is 0 Å². The number of hydrogen-bond acceptors (Lipinski definition) is 2. The molecule has 19 heavy (non-hydrogen) atoms. The first kappa shape index (κ1) is 14.0. The Morgan fingerprint density at radius 2 is 2.05 bits per heavy atom. The van der Waals surface area contributed by atoms with Gasteiger partial charge in [-0.1, -0.05) is 46.0 Å². The summed E-state index contributed by atoms with van der Waals surface area (Å²) in [4.78, 5) is 5.34. The quantitative estimate of drug-likeness (QED) is 0.855. The Bertz CT molecular complexity index is 635. The fraction of sp³-hybridized carbons (Fsp3) is 0.467. The summed E-state index contributed by atoms with van der Waals surface area (Å²) in [5, 5.41) is 0. The van der Waals surface area contributed by atoms with E-state index in [1.165, 1.54) is 0 Å². The van der Waals surface area contributed by atoms with Crippen molar-refractivity contribution >= 4 is 22.9 Å². The molecule has 0 bridgehead atoms. The molecule has 2 heterocycles. The van der Waals surface area contributed by atoms with Crippen LogP contribution in [-0.4, -0.2) is 14.4 Å². The molecule has 0 aliphatic rings. The van der Waals surface area contributed by atoms with E-state index in [0.717, 1.165) is 22.6 Å². The summed E-state index contributed by atoms with van der Waals surface area (Å²) in [7, 11) is 0. The van der Waals surface area contributed by atoms with Crippen LogP contribution < -0.4 is 5.73 Å². The van der Waals surface area contributed by atoms with Gasteiger partial charge in [0.05, 0.1) is 16.4 Å². The van der Waals surface area contributed by atoms with Crippen LogP contribution in [0.15, 0.2) is 18.3 Å². The van der Waals surface area contributed by atoms with Crippen LogP contribution in [0.2, 0.25) is 0 Å². The van der Waals surface area contributed by atoms with Crippen molar-refractivity contribution in [3.05, 3.63) is 35.3 Å². The largest absolute Gasteiger partial charge is 0.393 e. The fourth-order valence-electron chi connectivity index (χ4n) is 2.32. The minimum Gasteiger partial charge on any atom is -0.393 e. The van der Waals surface area contributed by atoms with Gasteiger partial charge in [-0.3, -0.25) is 0 Å². The summed E-state index contributed by atoms with van der Waals surface area (Å²) in [6.45, 7) is 10.6. The van der Waals surface area contributed by atoms with Crippen LogP contribution >= 0.6 is 12.2 Å². The van der Waals surface area contributed by atoms with E-state index in [9.17, 15) is 0 Å². The van der Waals surface area contributed by atoms with Gasteiger partial charge in [-0.2, -0.15) is 0 Å². The maximum Gasteiger partial charge on any atom is 0.140 e. The lowest BCUT2D eigenvalue weighted by Crippen LogP contribution is -2.23. The monoisotopic (exact) mass is 275 g/mol. The third-order valence-electron chi connectivity index (χ3n) is 3.43. The Hall–Kier alpha value is -1.42. The predicted molar refractivity (Wildman–Crippen MR) is 83.8 cm³/mol. The van der Waals surface area contributed by atoms with E-state index in [1.807, 2.05) is 19.2 Å². The zero-order valence-electron chi connectivity index (χ0n) is 12.2.